The molecule has 2 aromatic rings. The van der Waals surface area contributed by atoms with Gasteiger partial charge in [-0.3, -0.25) is 0 Å². The number of hydrogen-bond donors (Lipinski definition) is 3. The Morgan fingerprint density at radius 3 is 2.50 bits per heavy atom. The fourth-order valence-corrected chi connectivity index (χ4v) is 3.46. The summed E-state index contributed by atoms with van der Waals surface area (Å²) in [4.78, 5) is 4.73. The van der Waals surface area contributed by atoms with Crippen LogP contribution in [0.3, 0.4) is 0 Å². The maximum atomic E-state index is 12.1. The highest BCUT2D eigenvalue weighted by atomic mass is 35.5. The molecule has 0 aliphatic heterocycles. The van der Waals surface area contributed by atoms with Crippen LogP contribution in [0.5, 0.6) is 0 Å². The van der Waals surface area contributed by atoms with Gasteiger partial charge in [-0.25, -0.2) is 18.1 Å². The Hall–Kier alpha value is -2.09. The zero-order valence-corrected chi connectivity index (χ0v) is 16.1. The van der Waals surface area contributed by atoms with Gasteiger partial charge in [-0.05, 0) is 36.8 Å². The minimum absolute atomic E-state index is 0.249. The molecule has 0 radical (unpaired) electrons. The van der Waals surface area contributed by atoms with Crippen LogP contribution < -0.4 is 15.4 Å². The summed E-state index contributed by atoms with van der Waals surface area (Å²) in [6, 6.07) is 15.8. The van der Waals surface area contributed by atoms with Crippen molar-refractivity contribution in [2.45, 2.75) is 18.4 Å². The third-order valence-electron chi connectivity index (χ3n) is 3.42. The highest BCUT2D eigenvalue weighted by Crippen LogP contribution is 2.11. The quantitative estimate of drug-likeness (QED) is 0.364. The van der Waals surface area contributed by atoms with E-state index in [2.05, 4.69) is 20.3 Å². The molecule has 0 saturated carbocycles. The van der Waals surface area contributed by atoms with Crippen molar-refractivity contribution in [3.63, 3.8) is 0 Å². The first-order chi connectivity index (χ1) is 12.5. The molecule has 0 fully saturated rings. The van der Waals surface area contributed by atoms with E-state index in [1.165, 1.54) is 0 Å². The highest BCUT2D eigenvalue weighted by Gasteiger charge is 2.12. The molecule has 0 spiro atoms. The number of benzene rings is 2. The van der Waals surface area contributed by atoms with Crippen molar-refractivity contribution in [2.75, 3.05) is 19.6 Å². The summed E-state index contributed by atoms with van der Waals surface area (Å²) >= 11 is 5.97. The Balaban J connectivity index is 1.85. The monoisotopic (exact) mass is 394 g/mol. The number of guanidine groups is 1. The third kappa shape index (κ3) is 6.67. The Morgan fingerprint density at radius 1 is 1.04 bits per heavy atom. The van der Waals surface area contributed by atoms with Gasteiger partial charge < -0.3 is 10.6 Å². The van der Waals surface area contributed by atoms with Gasteiger partial charge in [0.15, 0.2) is 5.96 Å². The molecule has 0 atom stereocenters. The van der Waals surface area contributed by atoms with Crippen LogP contribution in [-0.2, 0) is 16.6 Å². The van der Waals surface area contributed by atoms with E-state index >= 15 is 0 Å². The third-order valence-corrected chi connectivity index (χ3v) is 5.13. The predicted octanol–water partition coefficient (Wildman–Crippen LogP) is 2.37. The highest BCUT2D eigenvalue weighted by molar-refractivity contribution is 7.89. The molecular formula is C18H23ClN4O2S. The topological polar surface area (TPSA) is 82.6 Å². The molecule has 0 aliphatic carbocycles. The normalized spacial score (nSPS) is 12.0. The lowest BCUT2D eigenvalue weighted by Gasteiger charge is -2.12. The zero-order valence-electron chi connectivity index (χ0n) is 14.6. The maximum Gasteiger partial charge on any atom is 0.240 e. The fourth-order valence-electron chi connectivity index (χ4n) is 2.20. The summed E-state index contributed by atoms with van der Waals surface area (Å²) in [5.41, 5.74) is 1.000. The van der Waals surface area contributed by atoms with Crippen LogP contribution in [-0.4, -0.2) is 34.0 Å². The maximum absolute atomic E-state index is 12.1. The van der Waals surface area contributed by atoms with Gasteiger partial charge in [-0.1, -0.05) is 41.9 Å². The van der Waals surface area contributed by atoms with E-state index in [4.69, 9.17) is 11.6 Å². The molecule has 0 bridgehead atoms. The number of hydrogen-bond acceptors (Lipinski definition) is 3. The molecule has 0 aromatic heterocycles. The SMILES string of the molecule is CCNC(=NCc1cccc(Cl)c1)NCCNS(=O)(=O)c1ccccc1. The molecular weight excluding hydrogens is 372 g/mol. The van der Waals surface area contributed by atoms with Crippen molar-refractivity contribution in [2.24, 2.45) is 4.99 Å². The molecule has 0 amide bonds. The first-order valence-corrected chi connectivity index (χ1v) is 10.2. The van der Waals surface area contributed by atoms with Gasteiger partial charge in [0.2, 0.25) is 10.0 Å². The molecule has 8 heteroatoms. The molecule has 26 heavy (non-hydrogen) atoms. The van der Waals surface area contributed by atoms with Gasteiger partial charge in [0.25, 0.3) is 0 Å². The van der Waals surface area contributed by atoms with E-state index in [1.807, 2.05) is 31.2 Å². The predicted molar refractivity (Wildman–Crippen MR) is 106 cm³/mol. The number of nitrogens with zero attached hydrogens (tertiary/aromatic N) is 1. The van der Waals surface area contributed by atoms with Crippen molar-refractivity contribution < 1.29 is 8.42 Å². The van der Waals surface area contributed by atoms with E-state index in [9.17, 15) is 8.42 Å². The number of aliphatic imine (C=N–C) groups is 1. The largest absolute Gasteiger partial charge is 0.357 e. The lowest BCUT2D eigenvalue weighted by molar-refractivity contribution is 0.580. The van der Waals surface area contributed by atoms with Gasteiger partial charge in [0, 0.05) is 24.7 Å². The molecule has 0 heterocycles. The Morgan fingerprint density at radius 2 is 1.81 bits per heavy atom. The number of halogens is 1. The van der Waals surface area contributed by atoms with Gasteiger partial charge in [-0.2, -0.15) is 0 Å². The van der Waals surface area contributed by atoms with Gasteiger partial charge in [0.1, 0.15) is 0 Å². The van der Waals surface area contributed by atoms with Crippen molar-refractivity contribution in [1.29, 1.82) is 0 Å². The molecule has 3 N–H and O–H groups in total. The van der Waals surface area contributed by atoms with Crippen molar-refractivity contribution in [3.05, 3.63) is 65.2 Å². The summed E-state index contributed by atoms with van der Waals surface area (Å²) in [5, 5.41) is 6.91. The van der Waals surface area contributed by atoms with Gasteiger partial charge in [0.05, 0.1) is 11.4 Å². The summed E-state index contributed by atoms with van der Waals surface area (Å²) < 4.78 is 26.9. The summed E-state index contributed by atoms with van der Waals surface area (Å²) in [6.07, 6.45) is 0. The summed E-state index contributed by atoms with van der Waals surface area (Å²) in [7, 11) is -3.50. The van der Waals surface area contributed by atoms with Crippen LogP contribution in [0.1, 0.15) is 12.5 Å². The zero-order chi connectivity index (χ0) is 18.8. The second kappa shape index (κ2) is 10.2. The Bertz CT molecular complexity index is 826. The lowest BCUT2D eigenvalue weighted by Crippen LogP contribution is -2.41. The fraction of sp³-hybridized carbons (Fsp3) is 0.278. The molecule has 0 saturated heterocycles. The molecule has 2 aromatic carbocycles. The van der Waals surface area contributed by atoms with Crippen LogP contribution in [0.4, 0.5) is 0 Å². The average Bonchev–Trinajstić information content (AvgIpc) is 2.64. The van der Waals surface area contributed by atoms with E-state index in [1.54, 1.807) is 30.3 Å². The molecule has 6 nitrogen and oxygen atoms in total. The van der Waals surface area contributed by atoms with Crippen molar-refractivity contribution >= 4 is 27.6 Å². The second-order valence-electron chi connectivity index (χ2n) is 5.46. The molecule has 2 rings (SSSR count). The number of rotatable bonds is 8. The molecule has 0 unspecified atom stereocenters. The number of nitrogens with one attached hydrogen (secondary N) is 3. The van der Waals surface area contributed by atoms with Crippen molar-refractivity contribution in [1.82, 2.24) is 15.4 Å². The van der Waals surface area contributed by atoms with E-state index in [0.717, 1.165) is 5.56 Å². The first kappa shape index (κ1) is 20.2. The first-order valence-electron chi connectivity index (χ1n) is 8.32. The summed E-state index contributed by atoms with van der Waals surface area (Å²) in [5.74, 6) is 0.617. The standard InChI is InChI=1S/C18H23ClN4O2S/c1-2-20-18(22-14-15-7-6-8-16(19)13-15)21-11-12-23-26(24,25)17-9-4-3-5-10-17/h3-10,13,23H,2,11-12,14H2,1H3,(H2,20,21,22). The Labute approximate surface area is 159 Å². The van der Waals surface area contributed by atoms with Crippen LogP contribution >= 0.6 is 11.6 Å². The molecule has 0 aliphatic rings. The van der Waals surface area contributed by atoms with Gasteiger partial charge >= 0.3 is 0 Å². The second-order valence-corrected chi connectivity index (χ2v) is 7.67. The smallest absolute Gasteiger partial charge is 0.240 e. The Kier molecular flexibility index (Phi) is 7.90. The van der Waals surface area contributed by atoms with Crippen LogP contribution in [0.15, 0.2) is 64.5 Å². The van der Waals surface area contributed by atoms with E-state index < -0.39 is 10.0 Å². The average molecular weight is 395 g/mol. The number of sulfonamides is 1. The van der Waals surface area contributed by atoms with Crippen LogP contribution in [0.25, 0.3) is 0 Å². The van der Waals surface area contributed by atoms with Gasteiger partial charge in [-0.15, -0.1) is 0 Å². The molecule has 140 valence electrons. The summed E-state index contributed by atoms with van der Waals surface area (Å²) in [6.45, 7) is 3.81. The van der Waals surface area contributed by atoms with E-state index in [0.29, 0.717) is 30.6 Å². The van der Waals surface area contributed by atoms with Crippen LogP contribution in [0, 0.1) is 0 Å². The minimum atomic E-state index is -3.50. The van der Waals surface area contributed by atoms with Crippen LogP contribution in [0.2, 0.25) is 5.02 Å². The van der Waals surface area contributed by atoms with Crippen molar-refractivity contribution in [3.8, 4) is 0 Å². The minimum Gasteiger partial charge on any atom is -0.357 e. The lowest BCUT2D eigenvalue weighted by atomic mass is 10.2. The van der Waals surface area contributed by atoms with E-state index in [-0.39, 0.29) is 11.4 Å².